The van der Waals surface area contributed by atoms with Crippen molar-refractivity contribution in [3.63, 3.8) is 0 Å². The van der Waals surface area contributed by atoms with Gasteiger partial charge in [-0.3, -0.25) is 5.32 Å². The third kappa shape index (κ3) is 5.54. The predicted octanol–water partition coefficient (Wildman–Crippen LogP) is 4.25. The summed E-state index contributed by atoms with van der Waals surface area (Å²) >= 11 is 3.07. The Morgan fingerprint density at radius 1 is 1.46 bits per heavy atom. The second-order valence-electron chi connectivity index (χ2n) is 5.49. The molecule has 0 aromatic carbocycles. The van der Waals surface area contributed by atoms with E-state index in [1.807, 2.05) is 18.4 Å². The van der Waals surface area contributed by atoms with Gasteiger partial charge in [-0.2, -0.15) is 0 Å². The Labute approximate surface area is 162 Å². The smallest absolute Gasteiger partial charge is 0.412 e. The summed E-state index contributed by atoms with van der Waals surface area (Å²) in [6.45, 7) is 2.14. The van der Waals surface area contributed by atoms with Crippen LogP contribution in [0.3, 0.4) is 0 Å². The Bertz CT molecular complexity index is 724. The number of carbonyl (C=O) groups excluding carboxylic acids is 1. The fourth-order valence-corrected chi connectivity index (χ4v) is 3.73. The van der Waals surface area contributed by atoms with Crippen molar-refractivity contribution in [2.75, 3.05) is 19.1 Å². The molecule has 1 heterocycles. The molecule has 2 rings (SSSR count). The number of thioether (sulfide) groups is 2. The number of nitrogens with one attached hydrogen (secondary N) is 2. The van der Waals surface area contributed by atoms with Gasteiger partial charge in [-0.25, -0.2) is 9.79 Å². The standard InChI is InChI=1S/C18H23N3O3S2/c1-4-9-26-15-6-5-14(19)16(13(15)10-12-7-8-24-11-12)20-17(25-3)21-18(22)23-2/h5-8,11,16,19H,4,9-10H2,1-3H3,(H,20,21,22). The molecule has 1 aromatic heterocycles. The number of ether oxygens (including phenoxy) is 1. The van der Waals surface area contributed by atoms with E-state index >= 15 is 0 Å². The van der Waals surface area contributed by atoms with E-state index in [2.05, 4.69) is 22.0 Å². The van der Waals surface area contributed by atoms with E-state index in [-0.39, 0.29) is 0 Å². The van der Waals surface area contributed by atoms with Gasteiger partial charge in [-0.1, -0.05) is 18.7 Å². The zero-order chi connectivity index (χ0) is 18.9. The van der Waals surface area contributed by atoms with Crippen molar-refractivity contribution < 1.29 is 13.9 Å². The van der Waals surface area contributed by atoms with Gasteiger partial charge in [0, 0.05) is 11.3 Å². The largest absolute Gasteiger partial charge is 0.472 e. The molecule has 0 saturated carbocycles. The summed E-state index contributed by atoms with van der Waals surface area (Å²) in [6.07, 6.45) is 10.1. The van der Waals surface area contributed by atoms with Crippen LogP contribution in [0, 0.1) is 5.41 Å². The third-order valence-electron chi connectivity index (χ3n) is 3.63. The number of allylic oxidation sites excluding steroid dienone is 1. The Morgan fingerprint density at radius 2 is 2.27 bits per heavy atom. The van der Waals surface area contributed by atoms with Gasteiger partial charge < -0.3 is 14.6 Å². The fourth-order valence-electron chi connectivity index (χ4n) is 2.37. The first kappa shape index (κ1) is 20.4. The second kappa shape index (κ2) is 10.3. The second-order valence-corrected chi connectivity index (χ2v) is 7.42. The average Bonchev–Trinajstić information content (AvgIpc) is 3.16. The maximum atomic E-state index is 11.5. The van der Waals surface area contributed by atoms with Crippen molar-refractivity contribution in [1.29, 1.82) is 5.41 Å². The maximum Gasteiger partial charge on any atom is 0.412 e. The summed E-state index contributed by atoms with van der Waals surface area (Å²) in [7, 11) is 1.31. The first-order chi connectivity index (χ1) is 12.6. The summed E-state index contributed by atoms with van der Waals surface area (Å²) < 4.78 is 9.83. The molecular weight excluding hydrogens is 370 g/mol. The molecule has 1 amide bonds. The van der Waals surface area contributed by atoms with Crippen LogP contribution in [-0.2, 0) is 11.2 Å². The number of alkyl carbamates (subject to hydrolysis) is 1. The molecule has 26 heavy (non-hydrogen) atoms. The van der Waals surface area contributed by atoms with Crippen LogP contribution in [0.15, 0.2) is 50.6 Å². The maximum absolute atomic E-state index is 11.5. The lowest BCUT2D eigenvalue weighted by Crippen LogP contribution is -2.32. The van der Waals surface area contributed by atoms with E-state index in [0.29, 0.717) is 17.3 Å². The number of furan rings is 1. The summed E-state index contributed by atoms with van der Waals surface area (Å²) in [4.78, 5) is 17.3. The summed E-state index contributed by atoms with van der Waals surface area (Å²) in [5.41, 5.74) is 2.46. The molecule has 140 valence electrons. The number of rotatable bonds is 6. The molecule has 0 saturated heterocycles. The van der Waals surface area contributed by atoms with Crippen LogP contribution in [0.5, 0.6) is 0 Å². The number of methoxy groups -OCH3 is 1. The Hall–Kier alpha value is -1.93. The number of aliphatic imine (C=N–C) groups is 1. The molecule has 1 aromatic rings. The SMILES string of the molecule is CCCSC1=C(Cc2ccoc2)C(N=C(NC(=O)OC)SC)C(=N)C=C1. The minimum absolute atomic E-state index is 0.391. The molecule has 0 spiro atoms. The molecule has 0 radical (unpaired) electrons. The van der Waals surface area contributed by atoms with Gasteiger partial charge in [0.2, 0.25) is 0 Å². The van der Waals surface area contributed by atoms with Crippen LogP contribution in [0.2, 0.25) is 0 Å². The van der Waals surface area contributed by atoms with Gasteiger partial charge in [0.05, 0.1) is 25.3 Å². The monoisotopic (exact) mass is 393 g/mol. The van der Waals surface area contributed by atoms with Crippen LogP contribution >= 0.6 is 23.5 Å². The molecule has 6 nitrogen and oxygen atoms in total. The van der Waals surface area contributed by atoms with Crippen LogP contribution in [-0.4, -0.2) is 42.1 Å². The van der Waals surface area contributed by atoms with Crippen molar-refractivity contribution in [2.24, 2.45) is 4.99 Å². The zero-order valence-electron chi connectivity index (χ0n) is 15.1. The molecule has 8 heteroatoms. The highest BCUT2D eigenvalue weighted by molar-refractivity contribution is 8.13. The lowest BCUT2D eigenvalue weighted by molar-refractivity contribution is 0.177. The highest BCUT2D eigenvalue weighted by Gasteiger charge is 2.25. The number of carbonyl (C=O) groups is 1. The molecule has 1 atom stereocenters. The summed E-state index contributed by atoms with van der Waals surface area (Å²) in [5.74, 6) is 0.994. The number of amides is 1. The highest BCUT2D eigenvalue weighted by Crippen LogP contribution is 2.32. The zero-order valence-corrected chi connectivity index (χ0v) is 16.7. The fraction of sp³-hybridized carbons (Fsp3) is 0.389. The van der Waals surface area contributed by atoms with Crippen LogP contribution in [0.25, 0.3) is 0 Å². The van der Waals surface area contributed by atoms with Crippen LogP contribution in [0.1, 0.15) is 18.9 Å². The third-order valence-corrected chi connectivity index (χ3v) is 5.54. The van der Waals surface area contributed by atoms with Gasteiger partial charge in [-0.05, 0) is 47.8 Å². The molecule has 1 unspecified atom stereocenters. The summed E-state index contributed by atoms with van der Waals surface area (Å²) in [6, 6.07) is 1.47. The van der Waals surface area contributed by atoms with E-state index in [1.54, 1.807) is 30.4 Å². The molecule has 2 N–H and O–H groups in total. The molecule has 0 fully saturated rings. The van der Waals surface area contributed by atoms with E-state index in [9.17, 15) is 4.79 Å². The lowest BCUT2D eigenvalue weighted by atomic mass is 9.93. The molecule has 1 aliphatic carbocycles. The van der Waals surface area contributed by atoms with Gasteiger partial charge >= 0.3 is 6.09 Å². The molecular formula is C18H23N3O3S2. The molecule has 0 bridgehead atoms. The van der Waals surface area contributed by atoms with E-state index < -0.39 is 12.1 Å². The van der Waals surface area contributed by atoms with E-state index in [4.69, 9.17) is 9.83 Å². The van der Waals surface area contributed by atoms with Gasteiger partial charge in [0.1, 0.15) is 6.04 Å². The van der Waals surface area contributed by atoms with Crippen molar-refractivity contribution >= 4 is 40.5 Å². The van der Waals surface area contributed by atoms with Crippen molar-refractivity contribution in [2.45, 2.75) is 25.8 Å². The minimum Gasteiger partial charge on any atom is -0.472 e. The Morgan fingerprint density at radius 3 is 2.88 bits per heavy atom. The Kier molecular flexibility index (Phi) is 8.06. The van der Waals surface area contributed by atoms with E-state index in [1.165, 1.54) is 18.9 Å². The van der Waals surface area contributed by atoms with Crippen molar-refractivity contribution in [3.05, 3.63) is 46.8 Å². The first-order valence-electron chi connectivity index (χ1n) is 8.19. The van der Waals surface area contributed by atoms with E-state index in [0.717, 1.165) is 28.2 Å². The quantitative estimate of drug-likeness (QED) is 0.557. The Balaban J connectivity index is 2.37. The van der Waals surface area contributed by atoms with Crippen molar-refractivity contribution in [1.82, 2.24) is 5.32 Å². The number of nitrogens with zero attached hydrogens (tertiary/aromatic N) is 1. The number of hydrogen-bond donors (Lipinski definition) is 2. The van der Waals surface area contributed by atoms with Gasteiger partial charge in [0.25, 0.3) is 0 Å². The average molecular weight is 394 g/mol. The number of amidine groups is 1. The van der Waals surface area contributed by atoms with Gasteiger partial charge in [0.15, 0.2) is 5.17 Å². The normalized spacial score (nSPS) is 17.6. The lowest BCUT2D eigenvalue weighted by Gasteiger charge is -2.23. The van der Waals surface area contributed by atoms with Crippen molar-refractivity contribution in [3.8, 4) is 0 Å². The minimum atomic E-state index is -0.572. The topological polar surface area (TPSA) is 87.7 Å². The highest BCUT2D eigenvalue weighted by atomic mass is 32.2. The summed E-state index contributed by atoms with van der Waals surface area (Å²) in [5, 5.41) is 11.4. The molecule has 0 aliphatic heterocycles. The van der Waals surface area contributed by atoms with Gasteiger partial charge in [-0.15, -0.1) is 11.8 Å². The van der Waals surface area contributed by atoms with Crippen LogP contribution < -0.4 is 5.32 Å². The number of hydrogen-bond acceptors (Lipinski definition) is 7. The first-order valence-corrected chi connectivity index (χ1v) is 10.4. The van der Waals surface area contributed by atoms with Crippen LogP contribution in [0.4, 0.5) is 4.79 Å². The molecule has 1 aliphatic rings. The predicted molar refractivity (Wildman–Crippen MR) is 109 cm³/mol.